The average molecular weight is 415 g/mol. The summed E-state index contributed by atoms with van der Waals surface area (Å²) in [5.41, 5.74) is 0.0137. The fraction of sp³-hybridized carbons (Fsp3) is 0.368. The number of nitrogens with zero attached hydrogens (tertiary/aromatic N) is 4. The lowest BCUT2D eigenvalue weighted by atomic mass is 9.97. The maximum Gasteiger partial charge on any atom is 0.420 e. The molecule has 158 valence electrons. The van der Waals surface area contributed by atoms with Crippen molar-refractivity contribution in [3.63, 3.8) is 0 Å². The molecule has 2 aromatic rings. The molecular weight excluding hydrogens is 394 g/mol. The van der Waals surface area contributed by atoms with Crippen LogP contribution in [-0.4, -0.2) is 57.8 Å². The van der Waals surface area contributed by atoms with Crippen LogP contribution in [0, 0.1) is 5.92 Å². The molecule has 0 radical (unpaired) electrons. The molecule has 1 N–H and O–H groups in total. The van der Waals surface area contributed by atoms with E-state index in [2.05, 4.69) is 15.5 Å². The van der Waals surface area contributed by atoms with E-state index in [1.807, 2.05) is 20.8 Å². The molecule has 0 saturated carbocycles. The number of hydrogen-bond donors (Lipinski definition) is 1. The van der Waals surface area contributed by atoms with Gasteiger partial charge in [-0.2, -0.15) is 0 Å². The summed E-state index contributed by atoms with van der Waals surface area (Å²) in [7, 11) is 2.42. The number of hydrogen-bond acceptors (Lipinski definition) is 8. The van der Waals surface area contributed by atoms with Crippen molar-refractivity contribution in [2.75, 3.05) is 19.4 Å². The number of nitrogens with one attached hydrogen (secondary N) is 1. The van der Waals surface area contributed by atoms with Gasteiger partial charge in [0, 0.05) is 25.2 Å². The highest BCUT2D eigenvalue weighted by Gasteiger charge is 2.46. The van der Waals surface area contributed by atoms with Gasteiger partial charge in [0.25, 0.3) is 11.8 Å². The number of aromatic nitrogens is 2. The zero-order valence-electron chi connectivity index (χ0n) is 17.1. The van der Waals surface area contributed by atoms with Crippen LogP contribution in [0.4, 0.5) is 10.5 Å². The SMILES string of the molecule is CN1C(=O)C(C(=O)Nc2ccc(Oc3nnc(C(C)(C)C)o3)cc2)C(=O)N(C)C1=O. The summed E-state index contributed by atoms with van der Waals surface area (Å²) in [6.45, 7) is 5.78. The molecule has 1 aromatic heterocycles. The van der Waals surface area contributed by atoms with E-state index < -0.39 is 29.7 Å². The number of urea groups is 1. The molecule has 0 unspecified atom stereocenters. The lowest BCUT2D eigenvalue weighted by Gasteiger charge is -2.32. The minimum atomic E-state index is -1.64. The number of carbonyl (C=O) groups is 4. The van der Waals surface area contributed by atoms with Gasteiger partial charge in [-0.15, -0.1) is 5.10 Å². The molecule has 1 saturated heterocycles. The minimum absolute atomic E-state index is 0.0224. The maximum atomic E-state index is 12.5. The monoisotopic (exact) mass is 415 g/mol. The fourth-order valence-electron chi connectivity index (χ4n) is 2.61. The van der Waals surface area contributed by atoms with Gasteiger partial charge in [-0.1, -0.05) is 25.9 Å². The van der Waals surface area contributed by atoms with Crippen molar-refractivity contribution in [2.24, 2.45) is 5.92 Å². The first kappa shape index (κ1) is 21.0. The van der Waals surface area contributed by atoms with Gasteiger partial charge < -0.3 is 14.5 Å². The third kappa shape index (κ3) is 4.00. The third-order valence-electron chi connectivity index (χ3n) is 4.37. The van der Waals surface area contributed by atoms with Gasteiger partial charge in [0.15, 0.2) is 5.92 Å². The number of ether oxygens (including phenoxy) is 1. The highest BCUT2D eigenvalue weighted by molar-refractivity contribution is 6.27. The topological polar surface area (TPSA) is 135 Å². The lowest BCUT2D eigenvalue weighted by molar-refractivity contribution is -0.151. The van der Waals surface area contributed by atoms with Gasteiger partial charge in [-0.25, -0.2) is 4.79 Å². The van der Waals surface area contributed by atoms with Crippen molar-refractivity contribution in [2.45, 2.75) is 26.2 Å². The molecule has 0 aliphatic carbocycles. The Balaban J connectivity index is 1.67. The number of benzene rings is 1. The molecule has 3 rings (SSSR count). The molecule has 2 heterocycles. The van der Waals surface area contributed by atoms with Crippen LogP contribution in [-0.2, 0) is 19.8 Å². The Morgan fingerprint density at radius 3 is 2.10 bits per heavy atom. The van der Waals surface area contributed by atoms with Crippen LogP contribution in [0.3, 0.4) is 0 Å². The predicted molar refractivity (Wildman–Crippen MR) is 103 cm³/mol. The number of imide groups is 2. The Morgan fingerprint density at radius 2 is 1.60 bits per heavy atom. The zero-order chi connectivity index (χ0) is 22.2. The number of anilines is 1. The van der Waals surface area contributed by atoms with Crippen molar-refractivity contribution >= 4 is 29.4 Å². The van der Waals surface area contributed by atoms with Crippen molar-refractivity contribution in [1.82, 2.24) is 20.0 Å². The first-order valence-electron chi connectivity index (χ1n) is 9.01. The molecule has 0 spiro atoms. The largest absolute Gasteiger partial charge is 0.420 e. The Hall–Kier alpha value is -3.76. The standard InChI is InChI=1S/C19H21N5O6/c1-19(2,3)16-21-22-17(30-16)29-11-8-6-10(7-9-11)20-13(25)12-14(26)23(4)18(28)24(5)15(12)27/h6-9,12H,1-5H3,(H,20,25). The smallest absolute Gasteiger partial charge is 0.410 e. The molecule has 0 atom stereocenters. The molecule has 5 amide bonds. The highest BCUT2D eigenvalue weighted by atomic mass is 16.6. The fourth-order valence-corrected chi connectivity index (χ4v) is 2.61. The first-order valence-corrected chi connectivity index (χ1v) is 9.01. The quantitative estimate of drug-likeness (QED) is 0.747. The number of barbiturate groups is 1. The summed E-state index contributed by atoms with van der Waals surface area (Å²) in [5.74, 6) is -3.43. The van der Waals surface area contributed by atoms with Crippen molar-refractivity contribution in [3.05, 3.63) is 30.2 Å². The van der Waals surface area contributed by atoms with E-state index in [4.69, 9.17) is 9.15 Å². The van der Waals surface area contributed by atoms with Crippen LogP contribution >= 0.6 is 0 Å². The van der Waals surface area contributed by atoms with Crippen molar-refractivity contribution in [1.29, 1.82) is 0 Å². The highest BCUT2D eigenvalue weighted by Crippen LogP contribution is 2.27. The lowest BCUT2D eigenvalue weighted by Crippen LogP contribution is -2.59. The normalized spacial score (nSPS) is 15.6. The summed E-state index contributed by atoms with van der Waals surface area (Å²) >= 11 is 0. The minimum Gasteiger partial charge on any atom is -0.410 e. The Kier molecular flexibility index (Phi) is 5.29. The van der Waals surface area contributed by atoms with E-state index in [1.54, 1.807) is 12.1 Å². The second kappa shape index (κ2) is 7.58. The van der Waals surface area contributed by atoms with Crippen LogP contribution in [0.2, 0.25) is 0 Å². The summed E-state index contributed by atoms with van der Waals surface area (Å²) in [6.07, 6.45) is -0.0224. The summed E-state index contributed by atoms with van der Waals surface area (Å²) in [4.78, 5) is 50.1. The van der Waals surface area contributed by atoms with Crippen molar-refractivity contribution < 1.29 is 28.3 Å². The van der Waals surface area contributed by atoms with Crippen LogP contribution < -0.4 is 10.1 Å². The van der Waals surface area contributed by atoms with Crippen LogP contribution in [0.25, 0.3) is 0 Å². The number of rotatable bonds is 4. The van der Waals surface area contributed by atoms with E-state index in [1.165, 1.54) is 26.2 Å². The summed E-state index contributed by atoms with van der Waals surface area (Å²) in [5, 5.41) is 10.2. The molecule has 11 nitrogen and oxygen atoms in total. The summed E-state index contributed by atoms with van der Waals surface area (Å²) in [6, 6.07) is 5.34. The molecular formula is C19H21N5O6. The van der Waals surface area contributed by atoms with Gasteiger partial charge in [0.05, 0.1) is 0 Å². The Labute approximate surface area is 172 Å². The Morgan fingerprint density at radius 1 is 1.03 bits per heavy atom. The molecule has 11 heteroatoms. The maximum absolute atomic E-state index is 12.5. The molecule has 1 aliphatic heterocycles. The van der Waals surface area contributed by atoms with Gasteiger partial charge in [0.2, 0.25) is 11.8 Å². The molecule has 1 aromatic carbocycles. The number of carbonyl (C=O) groups excluding carboxylic acids is 4. The second-order valence-electron chi connectivity index (χ2n) is 7.75. The van der Waals surface area contributed by atoms with Gasteiger partial charge in [0.1, 0.15) is 5.75 Å². The second-order valence-corrected chi connectivity index (χ2v) is 7.75. The Bertz CT molecular complexity index is 983. The van der Waals surface area contributed by atoms with E-state index in [0.29, 0.717) is 17.3 Å². The van der Waals surface area contributed by atoms with Gasteiger partial charge in [-0.05, 0) is 24.3 Å². The van der Waals surface area contributed by atoms with E-state index in [0.717, 1.165) is 9.80 Å². The first-order chi connectivity index (χ1) is 14.0. The molecule has 0 bridgehead atoms. The van der Waals surface area contributed by atoms with Crippen LogP contribution in [0.15, 0.2) is 28.7 Å². The van der Waals surface area contributed by atoms with Crippen LogP contribution in [0.1, 0.15) is 26.7 Å². The van der Waals surface area contributed by atoms with E-state index >= 15 is 0 Å². The van der Waals surface area contributed by atoms with Crippen LogP contribution in [0.5, 0.6) is 11.8 Å². The zero-order valence-corrected chi connectivity index (χ0v) is 17.1. The molecule has 1 aliphatic rings. The predicted octanol–water partition coefficient (Wildman–Crippen LogP) is 1.76. The van der Waals surface area contributed by atoms with Crippen molar-refractivity contribution in [3.8, 4) is 11.8 Å². The average Bonchev–Trinajstić information content (AvgIpc) is 3.15. The van der Waals surface area contributed by atoms with Gasteiger partial charge in [-0.3, -0.25) is 24.2 Å². The molecule has 30 heavy (non-hydrogen) atoms. The number of amides is 5. The third-order valence-corrected chi connectivity index (χ3v) is 4.37. The van der Waals surface area contributed by atoms with E-state index in [-0.39, 0.29) is 11.5 Å². The van der Waals surface area contributed by atoms with E-state index in [9.17, 15) is 19.2 Å². The van der Waals surface area contributed by atoms with Gasteiger partial charge >= 0.3 is 12.1 Å². The summed E-state index contributed by atoms with van der Waals surface area (Å²) < 4.78 is 10.9. The molecule has 1 fully saturated rings.